The maximum Gasteiger partial charge on any atom is 0.241 e. The van der Waals surface area contributed by atoms with Gasteiger partial charge in [-0.1, -0.05) is 0 Å². The molecule has 0 aromatic heterocycles. The lowest BCUT2D eigenvalue weighted by molar-refractivity contribution is -0.117. The lowest BCUT2D eigenvalue weighted by Crippen LogP contribution is -2.32. The summed E-state index contributed by atoms with van der Waals surface area (Å²) in [7, 11) is 3.11. The zero-order valence-corrected chi connectivity index (χ0v) is 11.8. The number of rotatable bonds is 4. The van der Waals surface area contributed by atoms with Crippen LogP contribution < -0.4 is 20.5 Å². The SMILES string of the molecule is COc1cc(C)c(NC(=O)[C@H](C)N)cc1OC.Cl. The molecule has 0 heterocycles. The third-order valence-corrected chi connectivity index (χ3v) is 2.40. The van der Waals surface area contributed by atoms with Gasteiger partial charge in [0, 0.05) is 11.8 Å². The first-order valence-electron chi connectivity index (χ1n) is 5.28. The molecule has 6 heteroatoms. The molecule has 0 spiro atoms. The molecule has 0 aliphatic carbocycles. The van der Waals surface area contributed by atoms with Crippen molar-refractivity contribution in [2.24, 2.45) is 5.73 Å². The Morgan fingerprint density at radius 3 is 2.22 bits per heavy atom. The summed E-state index contributed by atoms with van der Waals surface area (Å²) >= 11 is 0. The van der Waals surface area contributed by atoms with E-state index in [9.17, 15) is 4.79 Å². The molecule has 0 radical (unpaired) electrons. The average Bonchev–Trinajstić information content (AvgIpc) is 2.30. The number of carbonyl (C=O) groups is 1. The number of ether oxygens (including phenoxy) is 2. The summed E-state index contributed by atoms with van der Waals surface area (Å²) in [6.45, 7) is 3.50. The van der Waals surface area contributed by atoms with Gasteiger partial charge in [-0.15, -0.1) is 12.4 Å². The summed E-state index contributed by atoms with van der Waals surface area (Å²) in [6.07, 6.45) is 0. The number of hydrogen-bond donors (Lipinski definition) is 2. The summed E-state index contributed by atoms with van der Waals surface area (Å²) in [4.78, 5) is 11.5. The summed E-state index contributed by atoms with van der Waals surface area (Å²) < 4.78 is 10.3. The van der Waals surface area contributed by atoms with E-state index in [1.54, 1.807) is 33.3 Å². The second-order valence-electron chi connectivity index (χ2n) is 3.80. The van der Waals surface area contributed by atoms with Crippen LogP contribution in [0.3, 0.4) is 0 Å². The van der Waals surface area contributed by atoms with Crippen LogP contribution in [0.5, 0.6) is 11.5 Å². The molecule has 18 heavy (non-hydrogen) atoms. The van der Waals surface area contributed by atoms with Crippen LogP contribution in [0.15, 0.2) is 12.1 Å². The third-order valence-electron chi connectivity index (χ3n) is 2.40. The molecule has 0 saturated heterocycles. The van der Waals surface area contributed by atoms with Gasteiger partial charge in [0.05, 0.1) is 20.3 Å². The first kappa shape index (κ1) is 16.5. The second kappa shape index (κ2) is 7.08. The Morgan fingerprint density at radius 2 is 1.78 bits per heavy atom. The van der Waals surface area contributed by atoms with Crippen LogP contribution >= 0.6 is 12.4 Å². The topological polar surface area (TPSA) is 73.6 Å². The zero-order chi connectivity index (χ0) is 13.0. The van der Waals surface area contributed by atoms with Crippen LogP contribution in [-0.4, -0.2) is 26.2 Å². The van der Waals surface area contributed by atoms with Gasteiger partial charge in [0.1, 0.15) is 0 Å². The number of aryl methyl sites for hydroxylation is 1. The van der Waals surface area contributed by atoms with Crippen molar-refractivity contribution in [2.75, 3.05) is 19.5 Å². The van der Waals surface area contributed by atoms with Crippen LogP contribution in [0.4, 0.5) is 5.69 Å². The van der Waals surface area contributed by atoms with E-state index < -0.39 is 6.04 Å². The lowest BCUT2D eigenvalue weighted by Gasteiger charge is -2.14. The van der Waals surface area contributed by atoms with E-state index in [1.807, 2.05) is 6.92 Å². The highest BCUT2D eigenvalue weighted by Gasteiger charge is 2.12. The molecular weight excluding hydrogens is 256 g/mol. The Balaban J connectivity index is 0.00000289. The molecule has 0 aliphatic heterocycles. The minimum atomic E-state index is -0.553. The maximum atomic E-state index is 11.5. The van der Waals surface area contributed by atoms with E-state index in [2.05, 4.69) is 5.32 Å². The minimum Gasteiger partial charge on any atom is -0.493 e. The highest BCUT2D eigenvalue weighted by molar-refractivity contribution is 5.95. The number of hydrogen-bond acceptors (Lipinski definition) is 4. The first-order valence-corrected chi connectivity index (χ1v) is 5.28. The fourth-order valence-electron chi connectivity index (χ4n) is 1.36. The van der Waals surface area contributed by atoms with E-state index in [0.717, 1.165) is 5.56 Å². The van der Waals surface area contributed by atoms with Crippen LogP contribution in [0.1, 0.15) is 12.5 Å². The van der Waals surface area contributed by atoms with Gasteiger partial charge in [-0.05, 0) is 25.5 Å². The van der Waals surface area contributed by atoms with Crippen molar-refractivity contribution >= 4 is 24.0 Å². The van der Waals surface area contributed by atoms with Crippen molar-refractivity contribution in [3.05, 3.63) is 17.7 Å². The zero-order valence-electron chi connectivity index (χ0n) is 10.9. The predicted molar refractivity (Wildman–Crippen MR) is 73.8 cm³/mol. The number of amides is 1. The highest BCUT2D eigenvalue weighted by atomic mass is 35.5. The number of nitrogens with one attached hydrogen (secondary N) is 1. The van der Waals surface area contributed by atoms with Crippen molar-refractivity contribution in [3.63, 3.8) is 0 Å². The van der Waals surface area contributed by atoms with Crippen molar-refractivity contribution in [1.29, 1.82) is 0 Å². The van der Waals surface area contributed by atoms with Crippen LogP contribution in [-0.2, 0) is 4.79 Å². The molecule has 0 saturated carbocycles. The molecule has 0 unspecified atom stereocenters. The Bertz CT molecular complexity index is 422. The fourth-order valence-corrected chi connectivity index (χ4v) is 1.36. The van der Waals surface area contributed by atoms with Gasteiger partial charge in [-0.25, -0.2) is 0 Å². The molecule has 1 aromatic carbocycles. The molecule has 1 rings (SSSR count). The number of methoxy groups -OCH3 is 2. The van der Waals surface area contributed by atoms with Crippen LogP contribution in [0, 0.1) is 6.92 Å². The summed E-state index contributed by atoms with van der Waals surface area (Å²) in [5, 5.41) is 2.74. The number of nitrogens with two attached hydrogens (primary N) is 1. The summed E-state index contributed by atoms with van der Waals surface area (Å²) in [5.41, 5.74) is 7.05. The number of carbonyl (C=O) groups excluding carboxylic acids is 1. The monoisotopic (exact) mass is 274 g/mol. The Hall–Kier alpha value is -1.46. The Labute approximate surface area is 113 Å². The number of benzene rings is 1. The number of anilines is 1. The Morgan fingerprint density at radius 1 is 1.28 bits per heavy atom. The normalized spacial score (nSPS) is 11.2. The molecule has 1 amide bonds. The van der Waals surface area contributed by atoms with Gasteiger partial charge in [0.25, 0.3) is 0 Å². The van der Waals surface area contributed by atoms with Crippen molar-refractivity contribution < 1.29 is 14.3 Å². The van der Waals surface area contributed by atoms with Crippen molar-refractivity contribution in [1.82, 2.24) is 0 Å². The van der Waals surface area contributed by atoms with Gasteiger partial charge in [-0.2, -0.15) is 0 Å². The van der Waals surface area contributed by atoms with E-state index in [1.165, 1.54) is 0 Å². The lowest BCUT2D eigenvalue weighted by atomic mass is 10.1. The standard InChI is InChI=1S/C12H18N2O3.ClH/c1-7-5-10(16-3)11(17-4)6-9(7)14-12(15)8(2)13;/h5-6,8H,13H2,1-4H3,(H,14,15);1H/t8-;/m0./s1. The quantitative estimate of drug-likeness (QED) is 0.877. The van der Waals surface area contributed by atoms with Gasteiger partial charge in [-0.3, -0.25) is 4.79 Å². The molecule has 1 aromatic rings. The molecule has 102 valence electrons. The van der Waals surface area contributed by atoms with E-state index >= 15 is 0 Å². The van der Waals surface area contributed by atoms with E-state index in [0.29, 0.717) is 17.2 Å². The van der Waals surface area contributed by atoms with Gasteiger partial charge >= 0.3 is 0 Å². The molecular formula is C12H19ClN2O3. The van der Waals surface area contributed by atoms with E-state index in [-0.39, 0.29) is 18.3 Å². The molecule has 0 fully saturated rings. The van der Waals surface area contributed by atoms with Crippen molar-refractivity contribution in [3.8, 4) is 11.5 Å². The minimum absolute atomic E-state index is 0. The van der Waals surface area contributed by atoms with E-state index in [4.69, 9.17) is 15.2 Å². The molecule has 5 nitrogen and oxygen atoms in total. The van der Waals surface area contributed by atoms with Crippen LogP contribution in [0.2, 0.25) is 0 Å². The van der Waals surface area contributed by atoms with Gasteiger partial charge in [0.15, 0.2) is 11.5 Å². The number of halogens is 1. The molecule has 3 N–H and O–H groups in total. The van der Waals surface area contributed by atoms with Gasteiger partial charge in [0.2, 0.25) is 5.91 Å². The van der Waals surface area contributed by atoms with Crippen LogP contribution in [0.25, 0.3) is 0 Å². The highest BCUT2D eigenvalue weighted by Crippen LogP contribution is 2.32. The molecule has 0 bridgehead atoms. The molecule has 0 aliphatic rings. The molecule has 1 atom stereocenters. The average molecular weight is 275 g/mol. The van der Waals surface area contributed by atoms with Gasteiger partial charge < -0.3 is 20.5 Å². The summed E-state index contributed by atoms with van der Waals surface area (Å²) in [6, 6.07) is 2.96. The fraction of sp³-hybridized carbons (Fsp3) is 0.417. The summed E-state index contributed by atoms with van der Waals surface area (Å²) in [5.74, 6) is 0.960. The largest absolute Gasteiger partial charge is 0.493 e. The Kier molecular flexibility index (Phi) is 6.51. The second-order valence-corrected chi connectivity index (χ2v) is 3.80. The van der Waals surface area contributed by atoms with Crippen molar-refractivity contribution in [2.45, 2.75) is 19.9 Å². The first-order chi connectivity index (χ1) is 7.99. The maximum absolute atomic E-state index is 11.5. The predicted octanol–water partition coefficient (Wildman–Crippen LogP) is 1.72. The smallest absolute Gasteiger partial charge is 0.241 e. The third kappa shape index (κ3) is 3.78.